The Morgan fingerprint density at radius 2 is 1.57 bits per heavy atom. The van der Waals surface area contributed by atoms with Crippen LogP contribution in [0.4, 0.5) is 0 Å². The van der Waals surface area contributed by atoms with Crippen molar-refractivity contribution in [2.75, 3.05) is 13.2 Å². The van der Waals surface area contributed by atoms with Crippen LogP contribution in [0.2, 0.25) is 0 Å². The van der Waals surface area contributed by atoms with Gasteiger partial charge in [0, 0.05) is 23.4 Å². The third-order valence-corrected chi connectivity index (χ3v) is 6.58. The van der Waals surface area contributed by atoms with Gasteiger partial charge in [-0.3, -0.25) is 13.9 Å². The number of aromatic nitrogens is 4. The number of ether oxygens (including phenoxy) is 2. The van der Waals surface area contributed by atoms with Crippen LogP contribution in [0.15, 0.2) is 15.9 Å². The SMILES string of the molecule is O=C1O[C@H](CO)[C@@H](O)[C@H](O)[C@H]1O.[2H]C1(O)O[C@H](CO)[C@@H](O)[C@H](O)[C@H]1O.[2H]c1nc2c(c(=O)n(CCCC([2H])([2H])[C@]([2H])(C)O)c(=O)n2C)n1C. The van der Waals surface area contributed by atoms with Crippen LogP contribution in [0.3, 0.4) is 0 Å². The summed E-state index contributed by atoms with van der Waals surface area (Å²) in [6, 6.07) is 0. The molecule has 0 saturated carbocycles. The average molecular weight is 644 g/mol. The standard InChI is InChI=1S/C13H20N4O3.C6H12O6.C6H10O6/c1-9(18)6-4-5-7-17-12(19)10-11(14-8-15(10)2)16(3)13(17)20;2*7-1-2-3(8)4(9)5(10)6(11)12-2/h8-9,18H,4-7H2,1-3H3;2-11H,1H2;2-5,7-10H,1H2/t9-;2-,3-,4+,5-,6?;2-,3-,4+,5-/m011/s1/i6D2,8D,9D;6D;. The Hall–Kier alpha value is -2.82. The molecule has 0 aliphatic carbocycles. The van der Waals surface area contributed by atoms with Crippen LogP contribution in [0, 0.1) is 0 Å². The summed E-state index contributed by atoms with van der Waals surface area (Å²) in [6.45, 7) is -0.256. The topological polar surface area (TPSA) is 300 Å². The molecule has 2 aromatic heterocycles. The van der Waals surface area contributed by atoms with Crippen molar-refractivity contribution in [2.45, 2.75) is 93.9 Å². The minimum absolute atomic E-state index is 0.0600. The van der Waals surface area contributed by atoms with Gasteiger partial charge < -0.3 is 65.1 Å². The molecule has 2 saturated heterocycles. The molecule has 4 heterocycles. The number of esters is 1. The van der Waals surface area contributed by atoms with Gasteiger partial charge in [0.05, 0.1) is 28.3 Å². The zero-order chi connectivity index (χ0) is 38.0. The minimum Gasteiger partial charge on any atom is -0.455 e. The molecule has 2 fully saturated rings. The van der Waals surface area contributed by atoms with Crippen LogP contribution in [0.1, 0.15) is 33.0 Å². The van der Waals surface area contributed by atoms with Gasteiger partial charge >= 0.3 is 11.7 Å². The van der Waals surface area contributed by atoms with Crippen LogP contribution >= 0.6 is 0 Å². The van der Waals surface area contributed by atoms with Crippen LogP contribution in [0.25, 0.3) is 11.2 Å². The molecule has 1 unspecified atom stereocenters. The number of nitrogens with zero attached hydrogens (tertiary/aromatic N) is 4. The molecule has 0 bridgehead atoms. The molecule has 44 heavy (non-hydrogen) atoms. The first-order valence-corrected chi connectivity index (χ1v) is 13.1. The number of rotatable bonds is 7. The van der Waals surface area contributed by atoms with Crippen molar-refractivity contribution < 1.29 is 72.2 Å². The number of carbonyl (C=O) groups excluding carboxylic acids is 1. The average Bonchev–Trinajstić information content (AvgIpc) is 3.33. The Balaban J connectivity index is 0.000000281. The van der Waals surface area contributed by atoms with E-state index in [-0.39, 0.29) is 36.9 Å². The normalized spacial score (nSPS) is 35.3. The largest absolute Gasteiger partial charge is 0.455 e. The fourth-order valence-corrected chi connectivity index (χ4v) is 4.01. The molecule has 0 spiro atoms. The Bertz CT molecular complexity index is 1560. The summed E-state index contributed by atoms with van der Waals surface area (Å²) in [5, 5.41) is 90.0. The number of carbonyl (C=O) groups is 1. The fourth-order valence-electron chi connectivity index (χ4n) is 4.01. The monoisotopic (exact) mass is 643 g/mol. The number of aryl methyl sites for hydroxylation is 2. The summed E-state index contributed by atoms with van der Waals surface area (Å²) in [4.78, 5) is 39.4. The maximum absolute atomic E-state index is 12.5. The molecule has 0 radical (unpaired) electrons. The number of hydrogen-bond donors (Lipinski definition) is 10. The van der Waals surface area contributed by atoms with Crippen molar-refractivity contribution in [1.29, 1.82) is 0 Å². The highest BCUT2D eigenvalue weighted by Gasteiger charge is 2.43. The summed E-state index contributed by atoms with van der Waals surface area (Å²) in [5.74, 6) is -1.04. The Morgan fingerprint density at radius 1 is 0.977 bits per heavy atom. The summed E-state index contributed by atoms with van der Waals surface area (Å²) >= 11 is 0. The van der Waals surface area contributed by atoms with Gasteiger partial charge in [0.1, 0.15) is 38.0 Å². The predicted molar refractivity (Wildman–Crippen MR) is 147 cm³/mol. The maximum atomic E-state index is 12.5. The second-order valence-electron chi connectivity index (χ2n) is 9.79. The van der Waals surface area contributed by atoms with Crippen LogP contribution in [0.5, 0.6) is 0 Å². The Morgan fingerprint density at radius 3 is 2.14 bits per heavy atom. The first kappa shape index (κ1) is 29.9. The van der Waals surface area contributed by atoms with Gasteiger partial charge in [-0.05, 0) is 26.1 Å². The van der Waals surface area contributed by atoms with Crippen molar-refractivity contribution in [1.82, 2.24) is 18.7 Å². The van der Waals surface area contributed by atoms with Gasteiger partial charge in [0.25, 0.3) is 5.56 Å². The van der Waals surface area contributed by atoms with Gasteiger partial charge in [-0.15, -0.1) is 0 Å². The third kappa shape index (κ3) is 8.67. The van der Waals surface area contributed by atoms with E-state index in [0.29, 0.717) is 0 Å². The van der Waals surface area contributed by atoms with Crippen LogP contribution in [-0.4, -0.2) is 150 Å². The lowest BCUT2D eigenvalue weighted by atomic mass is 10.00. The quantitative estimate of drug-likeness (QED) is 0.125. The van der Waals surface area contributed by atoms with E-state index in [1.165, 1.54) is 23.2 Å². The zero-order valence-electron chi connectivity index (χ0n) is 29.0. The lowest BCUT2D eigenvalue weighted by Crippen LogP contribution is -2.58. The van der Waals surface area contributed by atoms with E-state index in [2.05, 4.69) is 14.5 Å². The molecule has 2 aliphatic heterocycles. The first-order valence-electron chi connectivity index (χ1n) is 15.6. The Kier molecular flexibility index (Phi) is 11.2. The second kappa shape index (κ2) is 16.5. The molecular weight excluding hydrogens is 596 g/mol. The third-order valence-electron chi connectivity index (χ3n) is 6.58. The smallest absolute Gasteiger partial charge is 0.338 e. The van der Waals surface area contributed by atoms with Gasteiger partial charge in [0.2, 0.25) is 0 Å². The first-order chi connectivity index (χ1) is 22.4. The molecular formula is C25H42N4O15. The maximum Gasteiger partial charge on any atom is 0.338 e. The van der Waals surface area contributed by atoms with Gasteiger partial charge in [0.15, 0.2) is 29.6 Å². The lowest BCUT2D eigenvalue weighted by Gasteiger charge is -2.37. The number of imidazole rings is 1. The summed E-state index contributed by atoms with van der Waals surface area (Å²) in [7, 11) is 2.95. The van der Waals surface area contributed by atoms with Crippen molar-refractivity contribution in [3.8, 4) is 0 Å². The number of aliphatic hydroxyl groups is 10. The van der Waals surface area contributed by atoms with E-state index >= 15 is 0 Å². The number of hydrogen-bond acceptors (Lipinski definition) is 16. The van der Waals surface area contributed by atoms with Crippen molar-refractivity contribution in [3.63, 3.8) is 0 Å². The van der Waals surface area contributed by atoms with Crippen molar-refractivity contribution in [3.05, 3.63) is 27.1 Å². The Labute approximate surface area is 257 Å². The predicted octanol–water partition coefficient (Wildman–Crippen LogP) is -6.25. The molecule has 0 aromatic carbocycles. The molecule has 10 atom stereocenters. The summed E-state index contributed by atoms with van der Waals surface area (Å²) in [6.07, 6.45) is -19.7. The van der Waals surface area contributed by atoms with E-state index in [1.54, 1.807) is 0 Å². The number of cyclic esters (lactones) is 1. The highest BCUT2D eigenvalue weighted by molar-refractivity contribution is 5.76. The van der Waals surface area contributed by atoms with E-state index < -0.39 is 98.0 Å². The highest BCUT2D eigenvalue weighted by atomic mass is 16.6. The molecule has 19 nitrogen and oxygen atoms in total. The van der Waals surface area contributed by atoms with Gasteiger partial charge in [-0.1, -0.05) is 0 Å². The van der Waals surface area contributed by atoms with E-state index in [0.717, 1.165) is 11.5 Å². The van der Waals surface area contributed by atoms with Crippen molar-refractivity contribution >= 4 is 17.1 Å². The van der Waals surface area contributed by atoms with Crippen LogP contribution < -0.4 is 11.2 Å². The van der Waals surface area contributed by atoms with Gasteiger partial charge in [-0.25, -0.2) is 14.6 Å². The fraction of sp³-hybridized carbons (Fsp3) is 0.760. The minimum atomic E-state index is -2.70. The summed E-state index contributed by atoms with van der Waals surface area (Å²) < 4.78 is 49.6. The molecule has 0 amide bonds. The lowest BCUT2D eigenvalue weighted by molar-refractivity contribution is -0.286. The molecule has 10 N–H and O–H groups in total. The number of aliphatic hydroxyl groups excluding tert-OH is 8. The zero-order valence-corrected chi connectivity index (χ0v) is 24.0. The molecule has 2 aromatic rings. The van der Waals surface area contributed by atoms with Gasteiger partial charge in [-0.2, -0.15) is 0 Å². The van der Waals surface area contributed by atoms with E-state index in [4.69, 9.17) is 52.8 Å². The van der Waals surface area contributed by atoms with E-state index in [1.807, 2.05) is 0 Å². The van der Waals surface area contributed by atoms with Crippen molar-refractivity contribution in [2.24, 2.45) is 14.1 Å². The number of fused-ring (bicyclic) bond motifs is 1. The highest BCUT2D eigenvalue weighted by Crippen LogP contribution is 2.19. The van der Waals surface area contributed by atoms with E-state index in [9.17, 15) is 19.5 Å². The van der Waals surface area contributed by atoms with Crippen LogP contribution in [-0.2, 0) is 34.9 Å². The molecule has 252 valence electrons. The summed E-state index contributed by atoms with van der Waals surface area (Å²) in [5.41, 5.74) is -0.959. The molecule has 2 aliphatic rings. The molecule has 4 rings (SSSR count). The molecule has 19 heteroatoms. The second-order valence-corrected chi connectivity index (χ2v) is 9.79.